The zero-order valence-electron chi connectivity index (χ0n) is 9.48. The van der Waals surface area contributed by atoms with Crippen LogP contribution in [0.4, 0.5) is 0 Å². The summed E-state index contributed by atoms with van der Waals surface area (Å²) >= 11 is 0. The Hall–Kier alpha value is -2.30. The fourth-order valence-corrected chi connectivity index (χ4v) is 2.17. The lowest BCUT2D eigenvalue weighted by Crippen LogP contribution is -1.77. The van der Waals surface area contributed by atoms with Crippen LogP contribution in [0.15, 0.2) is 66.9 Å². The first-order valence-corrected chi connectivity index (χ1v) is 5.65. The first-order chi connectivity index (χ1) is 8.36. The summed E-state index contributed by atoms with van der Waals surface area (Å²) in [7, 11) is 0. The molecule has 0 heterocycles. The molecule has 0 fully saturated rings. The van der Waals surface area contributed by atoms with E-state index in [9.17, 15) is 0 Å². The van der Waals surface area contributed by atoms with Crippen molar-refractivity contribution in [2.45, 2.75) is 0 Å². The molecule has 80 valence electrons. The highest BCUT2D eigenvalue weighted by Crippen LogP contribution is 2.23. The topological polar surface area (TPSA) is 0 Å². The van der Waals surface area contributed by atoms with Crippen molar-refractivity contribution in [1.82, 2.24) is 0 Å². The van der Waals surface area contributed by atoms with Crippen LogP contribution in [-0.4, -0.2) is 0 Å². The molecule has 3 rings (SSSR count). The minimum atomic E-state index is 1.14. The smallest absolute Gasteiger partial charge is 0.0133 e. The summed E-state index contributed by atoms with van der Waals surface area (Å²) in [6, 6.07) is 19.3. The lowest BCUT2D eigenvalue weighted by Gasteiger charge is -2.03. The molecule has 0 aliphatic carbocycles. The maximum absolute atomic E-state index is 3.61. The summed E-state index contributed by atoms with van der Waals surface area (Å²) in [4.78, 5) is 0. The summed E-state index contributed by atoms with van der Waals surface area (Å²) < 4.78 is 0. The van der Waals surface area contributed by atoms with Gasteiger partial charge in [0, 0.05) is 0 Å². The van der Waals surface area contributed by atoms with Gasteiger partial charge in [0.25, 0.3) is 0 Å². The third kappa shape index (κ3) is 1.75. The van der Waals surface area contributed by atoms with Gasteiger partial charge in [0.05, 0.1) is 0 Å². The molecule has 0 unspecified atom stereocenters. The Morgan fingerprint density at radius 3 is 2.12 bits per heavy atom. The molecule has 0 spiro atoms. The molecule has 0 aliphatic heterocycles. The van der Waals surface area contributed by atoms with E-state index in [-0.39, 0.29) is 0 Å². The van der Waals surface area contributed by atoms with E-state index in [1.807, 2.05) is 6.08 Å². The molecular weight excluding hydrogens is 204 g/mol. The molecule has 0 aromatic heterocycles. The van der Waals surface area contributed by atoms with Crippen LogP contribution in [0.3, 0.4) is 0 Å². The van der Waals surface area contributed by atoms with Gasteiger partial charge in [-0.1, -0.05) is 43.0 Å². The van der Waals surface area contributed by atoms with Crippen molar-refractivity contribution in [3.63, 3.8) is 0 Å². The lowest BCUT2D eigenvalue weighted by molar-refractivity contribution is 1.73. The second-order valence-electron chi connectivity index (χ2n) is 4.15. The maximum atomic E-state index is 3.61. The van der Waals surface area contributed by atoms with Gasteiger partial charge in [-0.2, -0.15) is 0 Å². The van der Waals surface area contributed by atoms with Crippen molar-refractivity contribution in [2.24, 2.45) is 0 Å². The fourth-order valence-electron chi connectivity index (χ4n) is 2.17. The molecule has 0 aliphatic rings. The van der Waals surface area contributed by atoms with Gasteiger partial charge in [-0.3, -0.25) is 0 Å². The fraction of sp³-hybridized carbons (Fsp3) is 0. The van der Waals surface area contributed by atoms with Crippen LogP contribution >= 0.6 is 0 Å². The van der Waals surface area contributed by atoms with Gasteiger partial charge in [-0.15, -0.1) is 5.73 Å². The minimum Gasteiger partial charge on any atom is -0.128 e. The molecular formula is C17H12. The van der Waals surface area contributed by atoms with E-state index in [1.165, 1.54) is 21.5 Å². The van der Waals surface area contributed by atoms with E-state index in [2.05, 4.69) is 66.9 Å². The summed E-state index contributed by atoms with van der Waals surface area (Å²) in [5.41, 5.74) is 3.95. The van der Waals surface area contributed by atoms with Crippen molar-refractivity contribution >= 4 is 27.6 Å². The summed E-state index contributed by atoms with van der Waals surface area (Å²) in [5.74, 6) is 0. The Morgan fingerprint density at radius 2 is 1.41 bits per heavy atom. The van der Waals surface area contributed by atoms with E-state index in [0.29, 0.717) is 0 Å². The van der Waals surface area contributed by atoms with Crippen LogP contribution in [0.1, 0.15) is 5.56 Å². The van der Waals surface area contributed by atoms with Crippen LogP contribution in [0.2, 0.25) is 0 Å². The largest absolute Gasteiger partial charge is 0.128 e. The van der Waals surface area contributed by atoms with E-state index in [4.69, 9.17) is 0 Å². The quantitative estimate of drug-likeness (QED) is 0.405. The van der Waals surface area contributed by atoms with Crippen LogP contribution in [0, 0.1) is 0 Å². The first kappa shape index (κ1) is 9.89. The molecule has 0 atom stereocenters. The summed E-state index contributed by atoms with van der Waals surface area (Å²) in [6.07, 6.45) is 1.90. The van der Waals surface area contributed by atoms with Crippen LogP contribution < -0.4 is 0 Å². The molecule has 3 aromatic rings. The highest BCUT2D eigenvalue weighted by molar-refractivity contribution is 5.98. The average Bonchev–Trinajstić information content (AvgIpc) is 2.36. The molecule has 0 N–H and O–H groups in total. The Kier molecular flexibility index (Phi) is 2.29. The third-order valence-electron chi connectivity index (χ3n) is 3.00. The minimum absolute atomic E-state index is 1.14. The molecule has 0 heteroatoms. The first-order valence-electron chi connectivity index (χ1n) is 5.65. The highest BCUT2D eigenvalue weighted by Gasteiger charge is 1.98. The Balaban J connectivity index is 2.36. The van der Waals surface area contributed by atoms with Crippen LogP contribution in [0.25, 0.3) is 27.6 Å². The van der Waals surface area contributed by atoms with Gasteiger partial charge in [-0.25, -0.2) is 0 Å². The van der Waals surface area contributed by atoms with E-state index < -0.39 is 0 Å². The van der Waals surface area contributed by atoms with Gasteiger partial charge >= 0.3 is 0 Å². The van der Waals surface area contributed by atoms with E-state index >= 15 is 0 Å². The van der Waals surface area contributed by atoms with E-state index in [0.717, 1.165) is 5.56 Å². The van der Waals surface area contributed by atoms with Crippen LogP contribution in [0.5, 0.6) is 0 Å². The van der Waals surface area contributed by atoms with Crippen LogP contribution in [-0.2, 0) is 0 Å². The third-order valence-corrected chi connectivity index (χ3v) is 3.00. The van der Waals surface area contributed by atoms with Gasteiger partial charge in [-0.05, 0) is 51.4 Å². The standard InChI is InChI=1S/C17H12/c1-2-5-13-8-9-16-11-14-6-3-4-7-15(14)12-17(16)10-13/h3-12H,1H2. The Bertz CT molecular complexity index is 744. The van der Waals surface area contributed by atoms with Crippen molar-refractivity contribution in [3.8, 4) is 0 Å². The molecule has 3 aromatic carbocycles. The van der Waals surface area contributed by atoms with Gasteiger partial charge < -0.3 is 0 Å². The molecule has 17 heavy (non-hydrogen) atoms. The molecule has 0 radical (unpaired) electrons. The number of benzene rings is 3. The molecule has 0 bridgehead atoms. The summed E-state index contributed by atoms with van der Waals surface area (Å²) in [6.45, 7) is 3.61. The number of fused-ring (bicyclic) bond motifs is 2. The second-order valence-corrected chi connectivity index (χ2v) is 4.15. The van der Waals surface area contributed by atoms with Crippen molar-refractivity contribution in [3.05, 3.63) is 72.5 Å². The van der Waals surface area contributed by atoms with E-state index in [1.54, 1.807) is 0 Å². The number of hydrogen-bond donors (Lipinski definition) is 0. The zero-order chi connectivity index (χ0) is 11.7. The second kappa shape index (κ2) is 3.93. The number of hydrogen-bond acceptors (Lipinski definition) is 0. The monoisotopic (exact) mass is 216 g/mol. The predicted octanol–water partition coefficient (Wildman–Crippen LogP) is 4.79. The maximum Gasteiger partial charge on any atom is -0.0133 e. The lowest BCUT2D eigenvalue weighted by atomic mass is 10.0. The average molecular weight is 216 g/mol. The van der Waals surface area contributed by atoms with Crippen molar-refractivity contribution < 1.29 is 0 Å². The van der Waals surface area contributed by atoms with Gasteiger partial charge in [0.15, 0.2) is 0 Å². The van der Waals surface area contributed by atoms with Crippen molar-refractivity contribution in [1.29, 1.82) is 0 Å². The van der Waals surface area contributed by atoms with Gasteiger partial charge in [0.1, 0.15) is 0 Å². The predicted molar refractivity (Wildman–Crippen MR) is 75.1 cm³/mol. The summed E-state index contributed by atoms with van der Waals surface area (Å²) in [5, 5.41) is 5.09. The Morgan fingerprint density at radius 1 is 0.765 bits per heavy atom. The normalized spacial score (nSPS) is 10.4. The molecule has 0 nitrogen and oxygen atoms in total. The molecule has 0 saturated carbocycles. The zero-order valence-corrected chi connectivity index (χ0v) is 9.48. The molecule has 0 saturated heterocycles. The van der Waals surface area contributed by atoms with Crippen molar-refractivity contribution in [2.75, 3.05) is 0 Å². The Labute approximate surface area is 101 Å². The SMILES string of the molecule is C=C=Cc1ccc2cc3ccccc3cc2c1. The number of rotatable bonds is 1. The van der Waals surface area contributed by atoms with Gasteiger partial charge in [0.2, 0.25) is 0 Å². The highest BCUT2D eigenvalue weighted by atomic mass is 14.0. The molecule has 0 amide bonds.